The zero-order valence-electron chi connectivity index (χ0n) is 23.1. The summed E-state index contributed by atoms with van der Waals surface area (Å²) in [6.07, 6.45) is -4.12. The Morgan fingerprint density at radius 2 is 1.79 bits per heavy atom. The third kappa shape index (κ3) is 10.7. The molecule has 0 saturated heterocycles. The Labute approximate surface area is 228 Å². The molecule has 0 unspecified atom stereocenters. The third-order valence-corrected chi connectivity index (χ3v) is 6.67. The molecular formula is C29H41F3N2O5. The summed E-state index contributed by atoms with van der Waals surface area (Å²) in [4.78, 5) is 12.3. The number of hydrogen-bond acceptors (Lipinski definition) is 6. The smallest absolute Gasteiger partial charge is 0.416 e. The molecule has 0 aliphatic rings. The molecule has 4 N–H and O–H groups in total. The standard InChI is InChI=1S/C29H41F3N2O5/c1-19(2)22(14-20-10-11-26(38-4)27(15-20)39-13-7-12-37-3)16-24(33)25(35)18-34-28(36)17-21-8-5-6-9-23(21)29(30,31)32/h5-6,8-11,15,19,22,24-25,35H,7,12-14,16-18,33H2,1-4H3,(H,34,36)/t22-,24-,25-/m0/s1. The molecule has 1 amide bonds. The largest absolute Gasteiger partial charge is 0.493 e. The Morgan fingerprint density at radius 1 is 1.08 bits per heavy atom. The minimum atomic E-state index is -4.55. The number of methoxy groups -OCH3 is 2. The van der Waals surface area contributed by atoms with Gasteiger partial charge < -0.3 is 30.4 Å². The van der Waals surface area contributed by atoms with Gasteiger partial charge in [0.15, 0.2) is 11.5 Å². The Morgan fingerprint density at radius 3 is 2.44 bits per heavy atom. The lowest BCUT2D eigenvalue weighted by molar-refractivity contribution is -0.138. The van der Waals surface area contributed by atoms with Gasteiger partial charge in [0.25, 0.3) is 0 Å². The second-order valence-electron chi connectivity index (χ2n) is 9.99. The van der Waals surface area contributed by atoms with Gasteiger partial charge in [0.2, 0.25) is 5.91 Å². The first kappa shape index (κ1) is 32.4. The number of ether oxygens (including phenoxy) is 3. The van der Waals surface area contributed by atoms with Crippen molar-refractivity contribution < 1.29 is 37.3 Å². The molecule has 0 saturated carbocycles. The van der Waals surface area contributed by atoms with Gasteiger partial charge in [-0.15, -0.1) is 0 Å². The van der Waals surface area contributed by atoms with E-state index in [0.29, 0.717) is 37.6 Å². The van der Waals surface area contributed by atoms with E-state index < -0.39 is 36.2 Å². The topological polar surface area (TPSA) is 103 Å². The zero-order chi connectivity index (χ0) is 29.0. The van der Waals surface area contributed by atoms with E-state index in [1.54, 1.807) is 14.2 Å². The average molecular weight is 555 g/mol. The average Bonchev–Trinajstić information content (AvgIpc) is 2.89. The van der Waals surface area contributed by atoms with E-state index in [0.717, 1.165) is 18.1 Å². The fourth-order valence-corrected chi connectivity index (χ4v) is 4.30. The van der Waals surface area contributed by atoms with Crippen LogP contribution in [0.25, 0.3) is 0 Å². The van der Waals surface area contributed by atoms with E-state index in [2.05, 4.69) is 19.2 Å². The number of halogens is 3. The lowest BCUT2D eigenvalue weighted by Gasteiger charge is -2.27. The van der Waals surface area contributed by atoms with Crippen molar-refractivity contribution in [3.05, 3.63) is 59.2 Å². The van der Waals surface area contributed by atoms with E-state index in [1.165, 1.54) is 18.2 Å². The van der Waals surface area contributed by atoms with Gasteiger partial charge in [0.05, 0.1) is 31.8 Å². The van der Waals surface area contributed by atoms with Gasteiger partial charge in [0.1, 0.15) is 0 Å². The summed E-state index contributed by atoms with van der Waals surface area (Å²) >= 11 is 0. The SMILES string of the molecule is COCCCOc1cc(C[C@@H](C[C@H](N)[C@@H](O)CNC(=O)Cc2ccccc2C(F)(F)F)C(C)C)ccc1OC. The van der Waals surface area contributed by atoms with Gasteiger partial charge in [-0.25, -0.2) is 0 Å². The van der Waals surface area contributed by atoms with Crippen LogP contribution in [-0.2, 0) is 28.5 Å². The van der Waals surface area contributed by atoms with E-state index >= 15 is 0 Å². The molecule has 2 rings (SSSR count). The molecule has 0 aromatic heterocycles. The van der Waals surface area contributed by atoms with Crippen molar-refractivity contribution >= 4 is 5.91 Å². The van der Waals surface area contributed by atoms with Crippen molar-refractivity contribution in [2.24, 2.45) is 17.6 Å². The highest BCUT2D eigenvalue weighted by Gasteiger charge is 2.33. The number of carbonyl (C=O) groups excluding carboxylic acids is 1. The molecule has 0 fully saturated rings. The molecule has 10 heteroatoms. The maximum Gasteiger partial charge on any atom is 0.416 e. The van der Waals surface area contributed by atoms with Crippen LogP contribution >= 0.6 is 0 Å². The normalized spacial score (nSPS) is 14.1. The number of hydrogen-bond donors (Lipinski definition) is 3. The minimum Gasteiger partial charge on any atom is -0.493 e. The number of rotatable bonds is 16. The van der Waals surface area contributed by atoms with Gasteiger partial charge in [-0.2, -0.15) is 13.2 Å². The number of nitrogens with two attached hydrogens (primary N) is 1. The van der Waals surface area contributed by atoms with E-state index in [1.807, 2.05) is 18.2 Å². The molecule has 7 nitrogen and oxygen atoms in total. The Kier molecular flexibility index (Phi) is 13.0. The first-order valence-corrected chi connectivity index (χ1v) is 13.1. The number of benzene rings is 2. The van der Waals surface area contributed by atoms with Crippen LogP contribution in [0.15, 0.2) is 42.5 Å². The van der Waals surface area contributed by atoms with Crippen LogP contribution < -0.4 is 20.5 Å². The first-order valence-electron chi connectivity index (χ1n) is 13.1. The van der Waals surface area contributed by atoms with Crippen LogP contribution in [0.3, 0.4) is 0 Å². The third-order valence-electron chi connectivity index (χ3n) is 6.67. The Bertz CT molecular complexity index is 1030. The lowest BCUT2D eigenvalue weighted by Crippen LogP contribution is -2.45. The summed E-state index contributed by atoms with van der Waals surface area (Å²) < 4.78 is 56.0. The van der Waals surface area contributed by atoms with Gasteiger partial charge in [-0.05, 0) is 54.0 Å². The Balaban J connectivity index is 1.95. The number of aliphatic hydroxyl groups excluding tert-OH is 1. The first-order chi connectivity index (χ1) is 18.5. The molecule has 3 atom stereocenters. The highest BCUT2D eigenvalue weighted by Crippen LogP contribution is 2.33. The quantitative estimate of drug-likeness (QED) is 0.266. The highest BCUT2D eigenvalue weighted by molar-refractivity contribution is 5.79. The molecule has 0 aliphatic carbocycles. The Hall–Kier alpha value is -2.82. The van der Waals surface area contributed by atoms with Crippen LogP contribution in [0.1, 0.15) is 43.4 Å². The second kappa shape index (κ2) is 15.7. The molecule has 0 bridgehead atoms. The van der Waals surface area contributed by atoms with Crippen molar-refractivity contribution in [2.75, 3.05) is 34.0 Å². The maximum absolute atomic E-state index is 13.2. The second-order valence-corrected chi connectivity index (χ2v) is 9.99. The van der Waals surface area contributed by atoms with Crippen LogP contribution in [-0.4, -0.2) is 57.1 Å². The van der Waals surface area contributed by atoms with Crippen molar-refractivity contribution in [1.29, 1.82) is 0 Å². The molecule has 0 aliphatic heterocycles. The molecule has 39 heavy (non-hydrogen) atoms. The fraction of sp³-hybridized carbons (Fsp3) is 0.552. The van der Waals surface area contributed by atoms with Crippen LogP contribution in [0.2, 0.25) is 0 Å². The molecular weight excluding hydrogens is 513 g/mol. The van der Waals surface area contributed by atoms with E-state index in [-0.39, 0.29) is 23.9 Å². The zero-order valence-corrected chi connectivity index (χ0v) is 23.1. The predicted octanol–water partition coefficient (Wildman–Crippen LogP) is 4.38. The van der Waals surface area contributed by atoms with Crippen molar-refractivity contribution in [3.8, 4) is 11.5 Å². The summed E-state index contributed by atoms with van der Waals surface area (Å²) in [5, 5.41) is 13.1. The van der Waals surface area contributed by atoms with E-state index in [9.17, 15) is 23.1 Å². The maximum atomic E-state index is 13.2. The molecule has 218 valence electrons. The minimum absolute atomic E-state index is 0.123. The van der Waals surface area contributed by atoms with Crippen molar-refractivity contribution in [3.63, 3.8) is 0 Å². The molecule has 2 aromatic carbocycles. The predicted molar refractivity (Wildman–Crippen MR) is 144 cm³/mol. The number of amides is 1. The van der Waals surface area contributed by atoms with Crippen molar-refractivity contribution in [2.45, 2.75) is 57.9 Å². The van der Waals surface area contributed by atoms with Crippen LogP contribution in [0.4, 0.5) is 13.2 Å². The summed E-state index contributed by atoms with van der Waals surface area (Å²) in [5.41, 5.74) is 6.36. The number of aliphatic hydroxyl groups is 1. The van der Waals surface area contributed by atoms with Gasteiger partial charge in [-0.3, -0.25) is 4.79 Å². The summed E-state index contributed by atoms with van der Waals surface area (Å²) in [6, 6.07) is 10.1. The summed E-state index contributed by atoms with van der Waals surface area (Å²) in [7, 11) is 3.23. The lowest BCUT2D eigenvalue weighted by atomic mass is 9.83. The fourth-order valence-electron chi connectivity index (χ4n) is 4.30. The summed E-state index contributed by atoms with van der Waals surface area (Å²) in [6.45, 7) is 5.09. The monoisotopic (exact) mass is 554 g/mol. The summed E-state index contributed by atoms with van der Waals surface area (Å²) in [5.74, 6) is 1.05. The van der Waals surface area contributed by atoms with Gasteiger partial charge in [0, 0.05) is 32.7 Å². The van der Waals surface area contributed by atoms with Crippen molar-refractivity contribution in [1.82, 2.24) is 5.32 Å². The molecule has 0 spiro atoms. The van der Waals surface area contributed by atoms with Gasteiger partial charge >= 0.3 is 6.18 Å². The molecule has 0 radical (unpaired) electrons. The number of alkyl halides is 3. The molecule has 2 aromatic rings. The van der Waals surface area contributed by atoms with Gasteiger partial charge in [-0.1, -0.05) is 38.1 Å². The van der Waals surface area contributed by atoms with E-state index in [4.69, 9.17) is 19.9 Å². The highest BCUT2D eigenvalue weighted by atomic mass is 19.4. The van der Waals surface area contributed by atoms with Crippen LogP contribution in [0.5, 0.6) is 11.5 Å². The van der Waals surface area contributed by atoms with Crippen LogP contribution in [0, 0.1) is 11.8 Å². The number of carbonyl (C=O) groups is 1. The molecule has 0 heterocycles. The number of nitrogens with one attached hydrogen (secondary N) is 1.